The van der Waals surface area contributed by atoms with Crippen molar-refractivity contribution in [2.24, 2.45) is 0 Å². The minimum Gasteiger partial charge on any atom is -0.456 e. The fraction of sp³-hybridized carbons (Fsp3) is 0.400. The standard InChI is InChI=1S/C15H21N3O3/c1-12(19)14(18-16)9-5-6-10-17-15(20)21-11-13-7-3-2-4-8-13/h2-4,7-8,18H,5-6,9-11H2,1H3,(H2-,16,17,19,20). The molecule has 0 heterocycles. The summed E-state index contributed by atoms with van der Waals surface area (Å²) in [5.74, 6) is 6.85. The molecule has 114 valence electrons. The van der Waals surface area contributed by atoms with E-state index in [1.165, 1.54) is 6.92 Å². The van der Waals surface area contributed by atoms with Crippen LogP contribution in [0.25, 0.3) is 5.84 Å². The zero-order valence-corrected chi connectivity index (χ0v) is 12.1. The minimum atomic E-state index is -0.451. The van der Waals surface area contributed by atoms with Crippen LogP contribution < -0.4 is 10.4 Å². The predicted octanol–water partition coefficient (Wildman–Crippen LogP) is 1.16. The fourth-order valence-electron chi connectivity index (χ4n) is 1.72. The van der Waals surface area contributed by atoms with E-state index in [2.05, 4.69) is 10.4 Å². The lowest BCUT2D eigenvalue weighted by Crippen LogP contribution is -2.65. The summed E-state index contributed by atoms with van der Waals surface area (Å²) in [5.41, 5.74) is 1.33. The number of carbonyl (C=O) groups excluding carboxylic acids is 2. The van der Waals surface area contributed by atoms with Crippen molar-refractivity contribution in [3.8, 4) is 0 Å². The van der Waals surface area contributed by atoms with Crippen LogP contribution in [-0.4, -0.2) is 24.1 Å². The summed E-state index contributed by atoms with van der Waals surface area (Å²) in [4.78, 5) is 22.5. The molecule has 0 spiro atoms. The molecule has 0 aliphatic heterocycles. The second kappa shape index (κ2) is 9.52. The van der Waals surface area contributed by atoms with E-state index in [1.54, 1.807) is 0 Å². The molecular weight excluding hydrogens is 270 g/mol. The number of rotatable bonds is 8. The van der Waals surface area contributed by atoms with Gasteiger partial charge in [-0.3, -0.25) is 9.90 Å². The van der Waals surface area contributed by atoms with Crippen molar-refractivity contribution >= 4 is 17.6 Å². The minimum absolute atomic E-state index is 0.125. The van der Waals surface area contributed by atoms with Crippen LogP contribution in [0.3, 0.4) is 0 Å². The highest BCUT2D eigenvalue weighted by molar-refractivity contribution is 6.36. The van der Waals surface area contributed by atoms with E-state index in [0.717, 1.165) is 18.4 Å². The summed E-state index contributed by atoms with van der Waals surface area (Å²) in [6.07, 6.45) is 1.51. The van der Waals surface area contributed by atoms with Crippen molar-refractivity contribution in [1.29, 1.82) is 0 Å². The molecule has 0 radical (unpaired) electrons. The molecule has 0 saturated heterocycles. The molecule has 0 fully saturated rings. The van der Waals surface area contributed by atoms with Gasteiger partial charge in [0.05, 0.1) is 0 Å². The molecule has 3 N–H and O–H groups in total. The molecule has 1 amide bonds. The third-order valence-electron chi connectivity index (χ3n) is 2.91. The van der Waals surface area contributed by atoms with Gasteiger partial charge in [-0.1, -0.05) is 30.3 Å². The molecule has 1 aromatic rings. The lowest BCUT2D eigenvalue weighted by Gasteiger charge is -2.06. The van der Waals surface area contributed by atoms with Crippen LogP contribution in [0.15, 0.2) is 30.3 Å². The van der Waals surface area contributed by atoms with Gasteiger partial charge in [-0.25, -0.2) is 4.79 Å². The number of ether oxygens (including phenoxy) is 1. The molecule has 0 aliphatic carbocycles. The molecule has 21 heavy (non-hydrogen) atoms. The van der Waals surface area contributed by atoms with Gasteiger partial charge in [-0.15, -0.1) is 0 Å². The van der Waals surface area contributed by atoms with Crippen molar-refractivity contribution in [1.82, 2.24) is 5.32 Å². The van der Waals surface area contributed by atoms with Gasteiger partial charge < -0.3 is 15.9 Å². The Balaban J connectivity index is 2.10. The van der Waals surface area contributed by atoms with Crippen LogP contribution in [0.1, 0.15) is 31.7 Å². The maximum absolute atomic E-state index is 11.4. The number of nitrogens with one attached hydrogen (secondary N) is 3. The lowest BCUT2D eigenvalue weighted by molar-refractivity contribution is -0.374. The first-order valence-electron chi connectivity index (χ1n) is 6.87. The Morgan fingerprint density at radius 1 is 1.24 bits per heavy atom. The normalized spacial score (nSPS) is 11.0. The molecule has 6 nitrogen and oxygen atoms in total. The van der Waals surface area contributed by atoms with Gasteiger partial charge in [0, 0.05) is 19.9 Å². The molecular formula is C15H21N3O3. The van der Waals surface area contributed by atoms with Crippen LogP contribution in [0.4, 0.5) is 4.79 Å². The molecule has 0 atom stereocenters. The number of carbonyl (C=O) groups is 2. The van der Waals surface area contributed by atoms with Crippen LogP contribution in [0.5, 0.6) is 0 Å². The number of amides is 1. The first kappa shape index (κ1) is 16.7. The van der Waals surface area contributed by atoms with E-state index in [0.29, 0.717) is 18.7 Å². The number of benzene rings is 1. The SMILES string of the molecule is CC(=O)/C(CCCCNC(=O)OCc1ccccc1)=[NH+]/[NH-]. The second-order valence-corrected chi connectivity index (χ2v) is 4.61. The first-order valence-corrected chi connectivity index (χ1v) is 6.87. The Kier molecular flexibility index (Phi) is 7.56. The van der Waals surface area contributed by atoms with E-state index in [1.807, 2.05) is 30.3 Å². The highest BCUT2D eigenvalue weighted by atomic mass is 16.5. The molecule has 6 heteroatoms. The van der Waals surface area contributed by atoms with Gasteiger partial charge in [-0.2, -0.15) is 0 Å². The highest BCUT2D eigenvalue weighted by Crippen LogP contribution is 2.00. The van der Waals surface area contributed by atoms with Crippen molar-refractivity contribution < 1.29 is 19.4 Å². The molecule has 0 bridgehead atoms. The maximum Gasteiger partial charge on any atom is 0.407 e. The number of Topliss-reactive ketones (excluding diaryl/α,β-unsaturated/α-hetero) is 1. The number of hydrogen-bond donors (Lipinski definition) is 2. The zero-order chi connectivity index (χ0) is 15.5. The Morgan fingerprint density at radius 3 is 2.57 bits per heavy atom. The number of hydrogen-bond acceptors (Lipinski definition) is 3. The highest BCUT2D eigenvalue weighted by Gasteiger charge is 2.09. The lowest BCUT2D eigenvalue weighted by atomic mass is 10.1. The third-order valence-corrected chi connectivity index (χ3v) is 2.91. The van der Waals surface area contributed by atoms with Crippen molar-refractivity contribution in [3.63, 3.8) is 0 Å². The van der Waals surface area contributed by atoms with Crippen molar-refractivity contribution in [2.75, 3.05) is 6.54 Å². The van der Waals surface area contributed by atoms with Gasteiger partial charge in [-0.05, 0) is 18.4 Å². The summed E-state index contributed by atoms with van der Waals surface area (Å²) in [5, 5.41) is 4.80. The molecule has 0 aliphatic rings. The monoisotopic (exact) mass is 291 g/mol. The van der Waals surface area contributed by atoms with E-state index in [9.17, 15) is 9.59 Å². The van der Waals surface area contributed by atoms with Crippen LogP contribution in [-0.2, 0) is 16.1 Å². The van der Waals surface area contributed by atoms with Crippen LogP contribution >= 0.6 is 0 Å². The average molecular weight is 291 g/mol. The molecule has 0 aromatic heterocycles. The molecule has 1 rings (SSSR count). The molecule has 0 saturated carbocycles. The number of ketones is 1. The molecule has 0 unspecified atom stereocenters. The number of alkyl carbamates (subject to hydrolysis) is 1. The quantitative estimate of drug-likeness (QED) is 0.427. The van der Waals surface area contributed by atoms with Crippen LogP contribution in [0, 0.1) is 0 Å². The zero-order valence-electron chi connectivity index (χ0n) is 12.1. The van der Waals surface area contributed by atoms with Gasteiger partial charge in [0.25, 0.3) is 0 Å². The third kappa shape index (κ3) is 7.10. The van der Waals surface area contributed by atoms with Gasteiger partial charge >= 0.3 is 6.09 Å². The van der Waals surface area contributed by atoms with Gasteiger partial charge in [0.15, 0.2) is 0 Å². The summed E-state index contributed by atoms with van der Waals surface area (Å²) < 4.78 is 5.06. The Bertz CT molecular complexity index is 486. The van der Waals surface area contributed by atoms with Gasteiger partial charge in [0.2, 0.25) is 11.5 Å². The van der Waals surface area contributed by atoms with E-state index >= 15 is 0 Å². The van der Waals surface area contributed by atoms with E-state index < -0.39 is 6.09 Å². The fourth-order valence-corrected chi connectivity index (χ4v) is 1.72. The predicted molar refractivity (Wildman–Crippen MR) is 79.5 cm³/mol. The first-order chi connectivity index (χ1) is 10.1. The van der Waals surface area contributed by atoms with Crippen molar-refractivity contribution in [3.05, 3.63) is 41.7 Å². The Labute approximate surface area is 124 Å². The second-order valence-electron chi connectivity index (χ2n) is 4.61. The molecule has 1 aromatic carbocycles. The van der Waals surface area contributed by atoms with Gasteiger partial charge in [0.1, 0.15) is 6.61 Å². The number of unbranched alkanes of at least 4 members (excludes halogenated alkanes) is 1. The van der Waals surface area contributed by atoms with E-state index in [-0.39, 0.29) is 12.4 Å². The maximum atomic E-state index is 11.4. The summed E-state index contributed by atoms with van der Waals surface area (Å²) in [7, 11) is 0. The van der Waals surface area contributed by atoms with E-state index in [4.69, 9.17) is 10.6 Å². The average Bonchev–Trinajstić information content (AvgIpc) is 2.49. The Hall–Kier alpha value is -2.37. The summed E-state index contributed by atoms with van der Waals surface area (Å²) in [6, 6.07) is 9.46. The Morgan fingerprint density at radius 2 is 1.95 bits per heavy atom. The summed E-state index contributed by atoms with van der Waals surface area (Å²) >= 11 is 0. The van der Waals surface area contributed by atoms with Crippen molar-refractivity contribution in [2.45, 2.75) is 32.8 Å². The topological polar surface area (TPSA) is 93.2 Å². The largest absolute Gasteiger partial charge is 0.456 e. The summed E-state index contributed by atoms with van der Waals surface area (Å²) in [6.45, 7) is 2.16. The van der Waals surface area contributed by atoms with Crippen LogP contribution in [0.2, 0.25) is 0 Å². The smallest absolute Gasteiger partial charge is 0.407 e.